The molecule has 3 heterocycles. The van der Waals surface area contributed by atoms with Crippen LogP contribution in [0.25, 0.3) is 22.5 Å². The van der Waals surface area contributed by atoms with Crippen molar-refractivity contribution in [2.24, 2.45) is 0 Å². The molecule has 0 spiro atoms. The number of carbonyl (C=O) groups is 1. The maximum Gasteiger partial charge on any atom is 0.306 e. The standard InChI is InChI=1S/C29H34ClN7O2/c1-2-3-10-26-32-28(30)25(19-39-27(38)16-15-22-7-6-17-31-22)37(26)18-20-11-13-21(14-12-20)23-8-4-5-9-24(23)29-33-35-36-34-29/h4-5,8-9,11-14,22,31H,2-3,6-7,10,15-19H2,1H3,(H,33,34,35,36). The van der Waals surface area contributed by atoms with Gasteiger partial charge in [-0.2, -0.15) is 5.21 Å². The highest BCUT2D eigenvalue weighted by molar-refractivity contribution is 6.30. The van der Waals surface area contributed by atoms with Gasteiger partial charge in [-0.15, -0.1) is 10.2 Å². The third-order valence-electron chi connectivity index (χ3n) is 7.20. The number of aromatic amines is 1. The van der Waals surface area contributed by atoms with Crippen LogP contribution in [0.1, 0.15) is 62.5 Å². The van der Waals surface area contributed by atoms with Gasteiger partial charge in [0.1, 0.15) is 12.4 Å². The van der Waals surface area contributed by atoms with Gasteiger partial charge in [0.25, 0.3) is 0 Å². The molecule has 1 unspecified atom stereocenters. The van der Waals surface area contributed by atoms with Crippen molar-refractivity contribution in [1.29, 1.82) is 0 Å². The first-order valence-electron chi connectivity index (χ1n) is 13.7. The summed E-state index contributed by atoms with van der Waals surface area (Å²) in [7, 11) is 0. The van der Waals surface area contributed by atoms with Crippen molar-refractivity contribution < 1.29 is 9.53 Å². The average Bonchev–Trinajstić information content (AvgIpc) is 3.73. The van der Waals surface area contributed by atoms with Crippen LogP contribution in [0, 0.1) is 0 Å². The van der Waals surface area contributed by atoms with Gasteiger partial charge in [0, 0.05) is 31.0 Å². The zero-order chi connectivity index (χ0) is 27.0. The van der Waals surface area contributed by atoms with E-state index >= 15 is 0 Å². The van der Waals surface area contributed by atoms with Gasteiger partial charge in [-0.1, -0.05) is 73.5 Å². The second-order valence-corrected chi connectivity index (χ2v) is 10.3. The summed E-state index contributed by atoms with van der Waals surface area (Å²) in [6, 6.07) is 16.8. The van der Waals surface area contributed by atoms with E-state index in [4.69, 9.17) is 16.3 Å². The molecule has 9 nitrogen and oxygen atoms in total. The van der Waals surface area contributed by atoms with E-state index in [9.17, 15) is 4.79 Å². The summed E-state index contributed by atoms with van der Waals surface area (Å²) in [6.07, 6.45) is 6.36. The molecule has 1 aliphatic rings. The Kier molecular flexibility index (Phi) is 9.00. The van der Waals surface area contributed by atoms with Crippen LogP contribution in [0.2, 0.25) is 5.15 Å². The fourth-order valence-corrected chi connectivity index (χ4v) is 5.30. The Morgan fingerprint density at radius 2 is 1.97 bits per heavy atom. The van der Waals surface area contributed by atoms with Gasteiger partial charge in [0.2, 0.25) is 5.82 Å². The zero-order valence-corrected chi connectivity index (χ0v) is 23.0. The zero-order valence-electron chi connectivity index (χ0n) is 22.2. The van der Waals surface area contributed by atoms with Crippen LogP contribution in [0.3, 0.4) is 0 Å². The number of tetrazole rings is 1. The number of nitrogens with zero attached hydrogens (tertiary/aromatic N) is 5. The second kappa shape index (κ2) is 13.0. The fourth-order valence-electron chi connectivity index (χ4n) is 5.05. The average molecular weight is 548 g/mol. The van der Waals surface area contributed by atoms with E-state index in [0.717, 1.165) is 72.4 Å². The van der Waals surface area contributed by atoms with Crippen molar-refractivity contribution in [2.75, 3.05) is 6.54 Å². The predicted molar refractivity (Wildman–Crippen MR) is 150 cm³/mol. The molecule has 1 aliphatic heterocycles. The molecule has 1 saturated heterocycles. The summed E-state index contributed by atoms with van der Waals surface area (Å²) in [4.78, 5) is 17.1. The quantitative estimate of drug-likeness (QED) is 0.230. The topological polar surface area (TPSA) is 111 Å². The minimum atomic E-state index is -0.202. The summed E-state index contributed by atoms with van der Waals surface area (Å²) >= 11 is 6.58. The number of benzene rings is 2. The number of nitrogens with one attached hydrogen (secondary N) is 2. The van der Waals surface area contributed by atoms with Crippen LogP contribution in [0.15, 0.2) is 48.5 Å². The smallest absolute Gasteiger partial charge is 0.306 e. The molecule has 1 atom stereocenters. The molecule has 204 valence electrons. The van der Waals surface area contributed by atoms with E-state index in [0.29, 0.717) is 30.0 Å². The maximum absolute atomic E-state index is 12.5. The molecule has 2 aromatic heterocycles. The van der Waals surface area contributed by atoms with Gasteiger partial charge in [-0.3, -0.25) is 4.79 Å². The molecule has 0 bridgehead atoms. The third kappa shape index (κ3) is 6.72. The number of carbonyl (C=O) groups excluding carboxylic acids is 1. The first-order valence-corrected chi connectivity index (χ1v) is 14.0. The van der Waals surface area contributed by atoms with Crippen LogP contribution in [0.4, 0.5) is 0 Å². The molecule has 5 rings (SSSR count). The first kappa shape index (κ1) is 27.0. The van der Waals surface area contributed by atoms with Crippen molar-refractivity contribution in [3.05, 3.63) is 70.8 Å². The fraction of sp³-hybridized carbons (Fsp3) is 0.414. The largest absolute Gasteiger partial charge is 0.459 e. The highest BCUT2D eigenvalue weighted by Gasteiger charge is 2.20. The minimum Gasteiger partial charge on any atom is -0.459 e. The summed E-state index contributed by atoms with van der Waals surface area (Å²) in [5.74, 6) is 1.27. The molecular formula is C29H34ClN7O2. The lowest BCUT2D eigenvalue weighted by Crippen LogP contribution is -2.22. The van der Waals surface area contributed by atoms with E-state index < -0.39 is 0 Å². The Morgan fingerprint density at radius 1 is 1.15 bits per heavy atom. The molecular weight excluding hydrogens is 514 g/mol. The molecule has 1 fully saturated rings. The monoisotopic (exact) mass is 547 g/mol. The number of H-pyrrole nitrogens is 1. The number of esters is 1. The number of hydrogen-bond acceptors (Lipinski definition) is 7. The number of aryl methyl sites for hydroxylation is 1. The number of aromatic nitrogens is 6. The summed E-state index contributed by atoms with van der Waals surface area (Å²) in [5.41, 5.74) is 4.83. The second-order valence-electron chi connectivity index (χ2n) is 9.93. The van der Waals surface area contributed by atoms with E-state index in [1.807, 2.05) is 18.2 Å². The van der Waals surface area contributed by atoms with Crippen molar-refractivity contribution in [1.82, 2.24) is 35.5 Å². The van der Waals surface area contributed by atoms with Gasteiger partial charge in [0.15, 0.2) is 5.15 Å². The van der Waals surface area contributed by atoms with Crippen LogP contribution < -0.4 is 5.32 Å². The van der Waals surface area contributed by atoms with Crippen molar-refractivity contribution >= 4 is 17.6 Å². The number of rotatable bonds is 12. The lowest BCUT2D eigenvalue weighted by atomic mass is 9.98. The van der Waals surface area contributed by atoms with Crippen molar-refractivity contribution in [2.45, 2.75) is 71.1 Å². The molecule has 0 amide bonds. The lowest BCUT2D eigenvalue weighted by molar-refractivity contribution is -0.145. The normalized spacial score (nSPS) is 15.1. The number of hydrogen-bond donors (Lipinski definition) is 2. The molecule has 0 radical (unpaired) electrons. The molecule has 0 saturated carbocycles. The summed E-state index contributed by atoms with van der Waals surface area (Å²) in [5, 5.41) is 18.3. The SMILES string of the molecule is CCCCc1nc(Cl)c(COC(=O)CCC2CCCN2)n1Cc1ccc(-c2ccccc2-c2nn[nH]n2)cc1. The van der Waals surface area contributed by atoms with Crippen molar-refractivity contribution in [3.8, 4) is 22.5 Å². The number of ether oxygens (including phenoxy) is 1. The molecule has 2 aromatic carbocycles. The van der Waals surface area contributed by atoms with Crippen LogP contribution in [-0.4, -0.2) is 48.7 Å². The van der Waals surface area contributed by atoms with E-state index in [-0.39, 0.29) is 12.6 Å². The predicted octanol–water partition coefficient (Wildman–Crippen LogP) is 5.35. The van der Waals surface area contributed by atoms with Crippen LogP contribution in [0.5, 0.6) is 0 Å². The highest BCUT2D eigenvalue weighted by Crippen LogP contribution is 2.30. The Hall–Kier alpha value is -3.56. The van der Waals surface area contributed by atoms with Crippen LogP contribution in [-0.2, 0) is 29.1 Å². The molecule has 2 N–H and O–H groups in total. The molecule has 39 heavy (non-hydrogen) atoms. The van der Waals surface area contributed by atoms with Crippen LogP contribution >= 0.6 is 11.6 Å². The van der Waals surface area contributed by atoms with Gasteiger partial charge in [-0.05, 0) is 54.1 Å². The Labute approximate surface area is 233 Å². The molecule has 0 aliphatic carbocycles. The Balaban J connectivity index is 1.31. The summed E-state index contributed by atoms with van der Waals surface area (Å²) < 4.78 is 7.76. The lowest BCUT2D eigenvalue weighted by Gasteiger charge is -2.14. The third-order valence-corrected chi connectivity index (χ3v) is 7.51. The van der Waals surface area contributed by atoms with E-state index in [2.05, 4.69) is 72.7 Å². The van der Waals surface area contributed by atoms with Gasteiger partial charge in [-0.25, -0.2) is 4.98 Å². The van der Waals surface area contributed by atoms with Gasteiger partial charge < -0.3 is 14.6 Å². The molecule has 4 aromatic rings. The minimum absolute atomic E-state index is 0.116. The molecule has 10 heteroatoms. The number of imidazole rings is 1. The van der Waals surface area contributed by atoms with E-state index in [1.165, 1.54) is 6.42 Å². The van der Waals surface area contributed by atoms with Gasteiger partial charge in [0.05, 0.1) is 5.69 Å². The maximum atomic E-state index is 12.5. The van der Waals surface area contributed by atoms with E-state index in [1.54, 1.807) is 0 Å². The number of halogens is 1. The first-order chi connectivity index (χ1) is 19.1. The van der Waals surface area contributed by atoms with Gasteiger partial charge >= 0.3 is 5.97 Å². The Bertz CT molecular complexity index is 1360. The number of unbranched alkanes of at least 4 members (excludes halogenated alkanes) is 1. The highest BCUT2D eigenvalue weighted by atomic mass is 35.5. The Morgan fingerprint density at radius 3 is 2.69 bits per heavy atom. The summed E-state index contributed by atoms with van der Waals surface area (Å²) in [6.45, 7) is 3.89. The van der Waals surface area contributed by atoms with Crippen molar-refractivity contribution in [3.63, 3.8) is 0 Å².